The van der Waals surface area contributed by atoms with E-state index in [4.69, 9.17) is 9.47 Å². The lowest BCUT2D eigenvalue weighted by Gasteiger charge is -2.20. The fourth-order valence-electron chi connectivity index (χ4n) is 1.28. The van der Waals surface area contributed by atoms with Crippen LogP contribution < -0.4 is 5.32 Å². The molecule has 0 aromatic heterocycles. The van der Waals surface area contributed by atoms with Crippen molar-refractivity contribution in [2.45, 2.75) is 32.2 Å². The van der Waals surface area contributed by atoms with Crippen molar-refractivity contribution in [1.82, 2.24) is 5.32 Å². The highest BCUT2D eigenvalue weighted by Gasteiger charge is 2.23. The molecule has 1 rings (SSSR count). The summed E-state index contributed by atoms with van der Waals surface area (Å²) >= 11 is 0. The summed E-state index contributed by atoms with van der Waals surface area (Å²) in [6, 6.07) is -0.384. The van der Waals surface area contributed by atoms with Crippen molar-refractivity contribution >= 4 is 5.97 Å². The highest BCUT2D eigenvalue weighted by Crippen LogP contribution is 2.00. The minimum absolute atomic E-state index is 0.235. The van der Waals surface area contributed by atoms with E-state index in [0.717, 1.165) is 19.3 Å². The van der Waals surface area contributed by atoms with E-state index in [-0.39, 0.29) is 12.0 Å². The van der Waals surface area contributed by atoms with Crippen LogP contribution in [0.3, 0.4) is 0 Å². The summed E-state index contributed by atoms with van der Waals surface area (Å²) in [5.74, 6) is -0.235. The molecule has 0 aromatic carbocycles. The fourth-order valence-corrected chi connectivity index (χ4v) is 1.28. The second kappa shape index (κ2) is 6.79. The molecule has 0 bridgehead atoms. The van der Waals surface area contributed by atoms with Gasteiger partial charge in [-0.05, 0) is 6.42 Å². The van der Waals surface area contributed by atoms with Crippen molar-refractivity contribution in [3.05, 3.63) is 0 Å². The van der Waals surface area contributed by atoms with Gasteiger partial charge >= 0.3 is 5.97 Å². The summed E-state index contributed by atoms with van der Waals surface area (Å²) < 4.78 is 10.2. The van der Waals surface area contributed by atoms with Crippen LogP contribution in [0.25, 0.3) is 0 Å². The van der Waals surface area contributed by atoms with Crippen LogP contribution in [0, 0.1) is 0 Å². The quantitative estimate of drug-likeness (QED) is 0.485. The van der Waals surface area contributed by atoms with E-state index in [1.54, 1.807) is 0 Å². The molecule has 14 heavy (non-hydrogen) atoms. The van der Waals surface area contributed by atoms with Crippen LogP contribution in [0.1, 0.15) is 26.2 Å². The molecule has 0 aromatic rings. The SMILES string of the molecule is CCCCCOC(=O)C1COCC[N]1. The van der Waals surface area contributed by atoms with Gasteiger partial charge < -0.3 is 9.47 Å². The molecule has 1 heterocycles. The number of hydrogen-bond acceptors (Lipinski definition) is 3. The Kier molecular flexibility index (Phi) is 5.56. The number of rotatable bonds is 5. The first-order valence-electron chi connectivity index (χ1n) is 5.25. The number of esters is 1. The molecule has 81 valence electrons. The zero-order valence-corrected chi connectivity index (χ0v) is 8.70. The van der Waals surface area contributed by atoms with Gasteiger partial charge in [-0.25, -0.2) is 5.32 Å². The second-order valence-corrected chi connectivity index (χ2v) is 3.37. The minimum atomic E-state index is -0.384. The third-order valence-electron chi connectivity index (χ3n) is 2.13. The van der Waals surface area contributed by atoms with Gasteiger partial charge in [-0.2, -0.15) is 0 Å². The van der Waals surface area contributed by atoms with Crippen LogP contribution in [0.2, 0.25) is 0 Å². The molecular formula is C10H18NO3. The van der Waals surface area contributed by atoms with Gasteiger partial charge in [-0.1, -0.05) is 19.8 Å². The number of morpholine rings is 1. The molecule has 1 aliphatic heterocycles. The molecule has 0 saturated carbocycles. The van der Waals surface area contributed by atoms with Gasteiger partial charge in [0, 0.05) is 6.54 Å². The number of hydrogen-bond donors (Lipinski definition) is 0. The normalized spacial score (nSPS) is 21.9. The van der Waals surface area contributed by atoms with Gasteiger partial charge in [0.2, 0.25) is 0 Å². The number of carbonyl (C=O) groups is 1. The molecule has 1 aliphatic rings. The smallest absolute Gasteiger partial charge is 0.327 e. The number of carbonyl (C=O) groups excluding carboxylic acids is 1. The third-order valence-corrected chi connectivity index (χ3v) is 2.13. The summed E-state index contributed by atoms with van der Waals surface area (Å²) in [6.07, 6.45) is 3.18. The Balaban J connectivity index is 2.07. The first-order chi connectivity index (χ1) is 6.84. The minimum Gasteiger partial charge on any atom is -0.464 e. The van der Waals surface area contributed by atoms with E-state index in [2.05, 4.69) is 12.2 Å². The van der Waals surface area contributed by atoms with E-state index < -0.39 is 0 Å². The molecule has 1 saturated heterocycles. The monoisotopic (exact) mass is 200 g/mol. The average Bonchev–Trinajstić information content (AvgIpc) is 2.25. The average molecular weight is 200 g/mol. The predicted octanol–water partition coefficient (Wildman–Crippen LogP) is 0.723. The highest BCUT2D eigenvalue weighted by atomic mass is 16.5. The first kappa shape index (κ1) is 11.5. The zero-order valence-electron chi connectivity index (χ0n) is 8.70. The zero-order chi connectivity index (χ0) is 10.2. The Hall–Kier alpha value is -0.610. The maximum absolute atomic E-state index is 11.4. The maximum atomic E-state index is 11.4. The number of nitrogens with zero attached hydrogens (tertiary/aromatic N) is 1. The van der Waals surface area contributed by atoms with Crippen molar-refractivity contribution in [3.8, 4) is 0 Å². The van der Waals surface area contributed by atoms with Crippen molar-refractivity contribution in [2.24, 2.45) is 0 Å². The van der Waals surface area contributed by atoms with Crippen molar-refractivity contribution in [3.63, 3.8) is 0 Å². The summed E-state index contributed by atoms with van der Waals surface area (Å²) in [4.78, 5) is 11.4. The summed E-state index contributed by atoms with van der Waals surface area (Å²) in [7, 11) is 0. The van der Waals surface area contributed by atoms with Crippen LogP contribution in [-0.2, 0) is 14.3 Å². The lowest BCUT2D eigenvalue weighted by atomic mass is 10.2. The predicted molar refractivity (Wildman–Crippen MR) is 52.1 cm³/mol. The Morgan fingerprint density at radius 3 is 3.07 bits per heavy atom. The lowest BCUT2D eigenvalue weighted by Crippen LogP contribution is -2.42. The number of unbranched alkanes of at least 4 members (excludes halogenated alkanes) is 2. The van der Waals surface area contributed by atoms with Crippen molar-refractivity contribution in [1.29, 1.82) is 0 Å². The molecule has 4 heteroatoms. The van der Waals surface area contributed by atoms with Gasteiger partial charge in [0.25, 0.3) is 0 Å². The van der Waals surface area contributed by atoms with Crippen molar-refractivity contribution < 1.29 is 14.3 Å². The van der Waals surface area contributed by atoms with E-state index in [1.165, 1.54) is 0 Å². The molecule has 1 unspecified atom stereocenters. The van der Waals surface area contributed by atoms with Crippen LogP contribution in [0.15, 0.2) is 0 Å². The fraction of sp³-hybridized carbons (Fsp3) is 0.900. The van der Waals surface area contributed by atoms with Gasteiger partial charge in [0.05, 0.1) is 19.8 Å². The number of ether oxygens (including phenoxy) is 2. The van der Waals surface area contributed by atoms with Gasteiger partial charge in [-0.3, -0.25) is 4.79 Å². The molecule has 0 amide bonds. The highest BCUT2D eigenvalue weighted by molar-refractivity contribution is 5.75. The van der Waals surface area contributed by atoms with E-state index in [9.17, 15) is 4.79 Å². The Morgan fingerprint density at radius 1 is 1.57 bits per heavy atom. The Morgan fingerprint density at radius 2 is 2.43 bits per heavy atom. The molecule has 1 radical (unpaired) electrons. The van der Waals surface area contributed by atoms with E-state index >= 15 is 0 Å². The molecule has 0 spiro atoms. The van der Waals surface area contributed by atoms with Crippen LogP contribution in [-0.4, -0.2) is 38.4 Å². The summed E-state index contributed by atoms with van der Waals surface area (Å²) in [5.41, 5.74) is 0. The van der Waals surface area contributed by atoms with Gasteiger partial charge in [-0.15, -0.1) is 0 Å². The van der Waals surface area contributed by atoms with Crippen LogP contribution in [0.4, 0.5) is 0 Å². The molecule has 0 aliphatic carbocycles. The van der Waals surface area contributed by atoms with Gasteiger partial charge in [0.15, 0.2) is 0 Å². The van der Waals surface area contributed by atoms with E-state index in [1.807, 2.05) is 0 Å². The Labute approximate surface area is 85.0 Å². The summed E-state index contributed by atoms with van der Waals surface area (Å²) in [6.45, 7) is 4.24. The summed E-state index contributed by atoms with van der Waals surface area (Å²) in [5, 5.41) is 4.13. The molecule has 4 nitrogen and oxygen atoms in total. The Bertz CT molecular complexity index is 167. The molecule has 1 fully saturated rings. The van der Waals surface area contributed by atoms with Gasteiger partial charge in [0.1, 0.15) is 6.04 Å². The third kappa shape index (κ3) is 4.07. The largest absolute Gasteiger partial charge is 0.464 e. The standard InChI is InChI=1S/C10H18NO3/c1-2-3-4-6-14-10(12)9-8-13-7-5-11-9/h9H,2-8H2,1H3. The first-order valence-corrected chi connectivity index (χ1v) is 5.25. The van der Waals surface area contributed by atoms with Crippen molar-refractivity contribution in [2.75, 3.05) is 26.4 Å². The molecular weight excluding hydrogens is 182 g/mol. The van der Waals surface area contributed by atoms with Crippen LogP contribution in [0.5, 0.6) is 0 Å². The van der Waals surface area contributed by atoms with E-state index in [0.29, 0.717) is 26.4 Å². The topological polar surface area (TPSA) is 49.6 Å². The maximum Gasteiger partial charge on any atom is 0.327 e. The molecule has 1 atom stereocenters. The second-order valence-electron chi connectivity index (χ2n) is 3.37. The van der Waals surface area contributed by atoms with Crippen LogP contribution >= 0.6 is 0 Å². The molecule has 0 N–H and O–H groups in total. The lowest BCUT2D eigenvalue weighted by molar-refractivity contribution is -0.149.